The fourth-order valence-electron chi connectivity index (χ4n) is 6.63. The Balaban J connectivity index is 1.68. The van der Waals surface area contributed by atoms with Crippen LogP contribution in [0.2, 0.25) is 0 Å². The van der Waals surface area contributed by atoms with Gasteiger partial charge in [0.05, 0.1) is 47.4 Å². The molecule has 1 unspecified atom stereocenters. The standard InChI is InChI=1S/C34H36N4O4/c1-8-20-15(2)23-14-28-31(19(6)39)17(4)25(36-28)12-24-16(3)21(9-10-30(41)42-7)33(37-24)22-11-29(40)32-18(5)26(38-34(22)32)13-27(20)35-23/h12-14,19,36,39-40H,8-11H2,1-7H3. The number of aromatic nitrogens is 1. The van der Waals surface area contributed by atoms with Gasteiger partial charge in [0.2, 0.25) is 0 Å². The molecule has 4 aliphatic heterocycles. The van der Waals surface area contributed by atoms with Crippen molar-refractivity contribution in [3.8, 4) is 0 Å². The number of carbonyl (C=O) groups excluding carboxylic acids is 1. The number of hydrogen-bond donors (Lipinski definition) is 3. The number of aliphatic hydroxyl groups is 2. The highest BCUT2D eigenvalue weighted by Crippen LogP contribution is 2.44. The highest BCUT2D eigenvalue weighted by atomic mass is 16.5. The molecule has 1 aromatic heterocycles. The number of hydrogen-bond acceptors (Lipinski definition) is 7. The maximum absolute atomic E-state index is 12.2. The van der Waals surface area contributed by atoms with Gasteiger partial charge in [0.15, 0.2) is 0 Å². The summed E-state index contributed by atoms with van der Waals surface area (Å²) >= 11 is 0. The third-order valence-corrected chi connectivity index (χ3v) is 8.96. The van der Waals surface area contributed by atoms with Gasteiger partial charge in [0.25, 0.3) is 0 Å². The first-order chi connectivity index (χ1) is 20.0. The fraction of sp³-hybridized carbons (Fsp3) is 0.353. The van der Waals surface area contributed by atoms with Gasteiger partial charge in [-0.1, -0.05) is 6.92 Å². The van der Waals surface area contributed by atoms with Crippen molar-refractivity contribution in [3.63, 3.8) is 0 Å². The van der Waals surface area contributed by atoms with Crippen LogP contribution in [0, 0.1) is 6.92 Å². The Bertz CT molecular complexity index is 1890. The predicted octanol–water partition coefficient (Wildman–Crippen LogP) is 4.94. The van der Waals surface area contributed by atoms with Crippen LogP contribution < -0.4 is 10.7 Å². The number of carbonyl (C=O) groups is 1. The van der Waals surface area contributed by atoms with Crippen molar-refractivity contribution in [1.82, 2.24) is 4.98 Å². The lowest BCUT2D eigenvalue weighted by Crippen LogP contribution is -2.16. The molecule has 1 atom stereocenters. The molecule has 0 aromatic carbocycles. The zero-order valence-corrected chi connectivity index (χ0v) is 25.2. The van der Waals surface area contributed by atoms with Gasteiger partial charge in [-0.15, -0.1) is 0 Å². The molecule has 8 bridgehead atoms. The highest BCUT2D eigenvalue weighted by molar-refractivity contribution is 6.26. The van der Waals surface area contributed by atoms with E-state index in [0.29, 0.717) is 12.8 Å². The molecule has 0 fully saturated rings. The van der Waals surface area contributed by atoms with Crippen molar-refractivity contribution in [2.75, 3.05) is 7.11 Å². The number of esters is 1. The summed E-state index contributed by atoms with van der Waals surface area (Å²) in [5.41, 5.74) is 13.1. The molecule has 3 N–H and O–H groups in total. The van der Waals surface area contributed by atoms with E-state index in [-0.39, 0.29) is 18.1 Å². The average Bonchev–Trinajstić information content (AvgIpc) is 3.70. The maximum Gasteiger partial charge on any atom is 0.305 e. The number of aliphatic hydroxyl groups excluding tert-OH is 2. The highest BCUT2D eigenvalue weighted by Gasteiger charge is 2.37. The van der Waals surface area contributed by atoms with Crippen LogP contribution in [0.3, 0.4) is 0 Å². The van der Waals surface area contributed by atoms with Crippen molar-refractivity contribution in [2.24, 2.45) is 15.0 Å². The summed E-state index contributed by atoms with van der Waals surface area (Å²) in [6.45, 7) is 12.0. The van der Waals surface area contributed by atoms with Gasteiger partial charge < -0.3 is 19.9 Å². The molecule has 8 nitrogen and oxygen atoms in total. The van der Waals surface area contributed by atoms with Crippen LogP contribution >= 0.6 is 0 Å². The molecule has 216 valence electrons. The van der Waals surface area contributed by atoms with E-state index in [1.54, 1.807) is 6.92 Å². The monoisotopic (exact) mass is 564 g/mol. The quantitative estimate of drug-likeness (QED) is 0.439. The number of aromatic amines is 1. The maximum atomic E-state index is 12.2. The minimum atomic E-state index is -0.691. The zero-order valence-electron chi connectivity index (χ0n) is 25.2. The molecule has 0 radical (unpaired) electrons. The lowest BCUT2D eigenvalue weighted by molar-refractivity contribution is -0.140. The lowest BCUT2D eigenvalue weighted by atomic mass is 9.96. The fourth-order valence-corrected chi connectivity index (χ4v) is 6.63. The van der Waals surface area contributed by atoms with Crippen LogP contribution in [0.15, 0.2) is 82.9 Å². The molecule has 0 spiro atoms. The Hall–Kier alpha value is -4.30. The average molecular weight is 565 g/mol. The molecule has 0 saturated heterocycles. The number of nitrogens with one attached hydrogen (secondary N) is 1. The summed E-state index contributed by atoms with van der Waals surface area (Å²) in [6, 6.07) is 0. The van der Waals surface area contributed by atoms with Crippen molar-refractivity contribution in [2.45, 2.75) is 73.3 Å². The predicted molar refractivity (Wildman–Crippen MR) is 166 cm³/mol. The first-order valence-corrected chi connectivity index (χ1v) is 14.5. The van der Waals surface area contributed by atoms with Gasteiger partial charge in [-0.2, -0.15) is 0 Å². The first kappa shape index (κ1) is 27.8. The van der Waals surface area contributed by atoms with Gasteiger partial charge in [-0.05, 0) is 99.1 Å². The minimum Gasteiger partial charge on any atom is -0.511 e. The molecule has 6 rings (SSSR count). The molecule has 8 heteroatoms. The smallest absolute Gasteiger partial charge is 0.305 e. The summed E-state index contributed by atoms with van der Waals surface area (Å²) in [6.07, 6.45) is 7.13. The van der Waals surface area contributed by atoms with E-state index >= 15 is 0 Å². The number of nitrogens with zero attached hydrogens (tertiary/aromatic N) is 3. The second-order valence-electron chi connectivity index (χ2n) is 11.4. The third kappa shape index (κ3) is 4.24. The summed E-state index contributed by atoms with van der Waals surface area (Å²) in [7, 11) is 1.39. The molecule has 42 heavy (non-hydrogen) atoms. The zero-order chi connectivity index (χ0) is 30.0. The van der Waals surface area contributed by atoms with Gasteiger partial charge in [-0.3, -0.25) is 4.79 Å². The number of H-pyrrole nitrogens is 1. The van der Waals surface area contributed by atoms with Crippen molar-refractivity contribution in [3.05, 3.63) is 89.8 Å². The van der Waals surface area contributed by atoms with Gasteiger partial charge in [0.1, 0.15) is 5.76 Å². The van der Waals surface area contributed by atoms with E-state index in [2.05, 4.69) is 18.8 Å². The van der Waals surface area contributed by atoms with Gasteiger partial charge in [0, 0.05) is 40.2 Å². The molecule has 5 aliphatic rings. The largest absolute Gasteiger partial charge is 0.511 e. The number of fused-ring (bicyclic) bond motifs is 5. The first-order valence-electron chi connectivity index (χ1n) is 14.5. The van der Waals surface area contributed by atoms with Crippen molar-refractivity contribution < 1.29 is 19.7 Å². The number of ether oxygens (including phenoxy) is 1. The van der Waals surface area contributed by atoms with Crippen LogP contribution in [0.4, 0.5) is 0 Å². The third-order valence-electron chi connectivity index (χ3n) is 8.96. The van der Waals surface area contributed by atoms with E-state index in [1.807, 2.05) is 39.0 Å². The molecular weight excluding hydrogens is 528 g/mol. The molecule has 5 heterocycles. The van der Waals surface area contributed by atoms with Crippen molar-refractivity contribution >= 4 is 35.3 Å². The minimum absolute atomic E-state index is 0.217. The molecule has 1 aliphatic carbocycles. The second kappa shape index (κ2) is 10.2. The van der Waals surface area contributed by atoms with Gasteiger partial charge >= 0.3 is 5.97 Å². The normalized spacial score (nSPS) is 20.2. The second-order valence-corrected chi connectivity index (χ2v) is 11.4. The molecular formula is C34H36N4O4. The van der Waals surface area contributed by atoms with Gasteiger partial charge in [-0.25, -0.2) is 15.0 Å². The summed E-state index contributed by atoms with van der Waals surface area (Å²) in [4.78, 5) is 30.9. The molecule has 1 aromatic rings. The Morgan fingerprint density at radius 2 is 1.69 bits per heavy atom. The summed E-state index contributed by atoms with van der Waals surface area (Å²) in [5.74, 6) is -0.0137. The number of rotatable bonds is 5. The van der Waals surface area contributed by atoms with Crippen LogP contribution in [0.5, 0.6) is 0 Å². The van der Waals surface area contributed by atoms with E-state index < -0.39 is 6.10 Å². The van der Waals surface area contributed by atoms with Crippen LogP contribution in [0.25, 0.3) is 12.2 Å². The topological polar surface area (TPSA) is 120 Å². The Morgan fingerprint density at radius 3 is 2.38 bits per heavy atom. The van der Waals surface area contributed by atoms with Crippen LogP contribution in [-0.4, -0.2) is 45.4 Å². The lowest BCUT2D eigenvalue weighted by Gasteiger charge is -2.09. The summed E-state index contributed by atoms with van der Waals surface area (Å²) in [5, 5.41) is 23.6. The van der Waals surface area contributed by atoms with E-state index in [1.165, 1.54) is 7.11 Å². The van der Waals surface area contributed by atoms with Crippen LogP contribution in [0.1, 0.15) is 77.5 Å². The number of methoxy groups -OCH3 is 1. The van der Waals surface area contributed by atoms with E-state index in [4.69, 9.17) is 19.7 Å². The van der Waals surface area contributed by atoms with Crippen LogP contribution in [-0.2, 0) is 9.53 Å². The van der Waals surface area contributed by atoms with Crippen molar-refractivity contribution in [1.29, 1.82) is 0 Å². The Labute approximate surface area is 245 Å². The van der Waals surface area contributed by atoms with E-state index in [0.717, 1.165) is 101 Å². The Kier molecular flexibility index (Phi) is 6.77. The summed E-state index contributed by atoms with van der Waals surface area (Å²) < 4.78 is 4.94. The molecule has 0 amide bonds. The number of allylic oxidation sites excluding steroid dienone is 8. The Morgan fingerprint density at radius 1 is 1.00 bits per heavy atom. The molecule has 0 saturated carbocycles. The number of aliphatic imine (C=N–C) groups is 3. The SMILES string of the molecule is CCC1=C(C)C2=NC1=CC1=C(C)C3=C(O)CC(=C4N=C(C=c5[nH]c(c(C(C)O)c5C)=C2)C(C)=C4CCC(=O)OC)C3=N1. The van der Waals surface area contributed by atoms with E-state index in [9.17, 15) is 15.0 Å².